The molecule has 3 rings (SSSR count). The summed E-state index contributed by atoms with van der Waals surface area (Å²) in [5, 5.41) is 10.0. The standard InChI is InChI=1S/C19H28N2O3/c1-14-6-7-16(12-15(14)2)24-13-19(23)21-10-8-20(9-11-21)17-4-3-5-18(17)22/h6-7,12,17-18,22H,3-5,8-11,13H2,1-2H3/t17-,18-/m0/s1. The number of aliphatic hydroxyl groups is 1. The number of carbonyl (C=O) groups is 1. The number of amides is 1. The van der Waals surface area contributed by atoms with Crippen LogP contribution in [-0.4, -0.2) is 65.7 Å². The van der Waals surface area contributed by atoms with Crippen LogP contribution >= 0.6 is 0 Å². The van der Waals surface area contributed by atoms with E-state index >= 15 is 0 Å². The van der Waals surface area contributed by atoms with Crippen molar-refractivity contribution < 1.29 is 14.6 Å². The van der Waals surface area contributed by atoms with Crippen LogP contribution in [0.15, 0.2) is 18.2 Å². The van der Waals surface area contributed by atoms with Gasteiger partial charge in [0, 0.05) is 32.2 Å². The first-order valence-electron chi connectivity index (χ1n) is 8.94. The fourth-order valence-electron chi connectivity index (χ4n) is 3.69. The molecule has 2 atom stereocenters. The molecular formula is C19H28N2O3. The van der Waals surface area contributed by atoms with Crippen molar-refractivity contribution in [3.05, 3.63) is 29.3 Å². The van der Waals surface area contributed by atoms with Crippen molar-refractivity contribution in [1.29, 1.82) is 0 Å². The normalized spacial score (nSPS) is 25.0. The predicted octanol–water partition coefficient (Wildman–Crippen LogP) is 1.74. The first-order chi connectivity index (χ1) is 11.5. The Morgan fingerprint density at radius 1 is 1.17 bits per heavy atom. The highest BCUT2D eigenvalue weighted by Gasteiger charge is 2.33. The van der Waals surface area contributed by atoms with E-state index in [1.165, 1.54) is 11.1 Å². The minimum atomic E-state index is -0.194. The summed E-state index contributed by atoms with van der Waals surface area (Å²) in [7, 11) is 0. The van der Waals surface area contributed by atoms with Gasteiger partial charge in [-0.1, -0.05) is 6.07 Å². The second kappa shape index (κ2) is 7.53. The average Bonchev–Trinajstić information content (AvgIpc) is 3.02. The zero-order valence-electron chi connectivity index (χ0n) is 14.7. The van der Waals surface area contributed by atoms with Crippen molar-refractivity contribution in [2.24, 2.45) is 0 Å². The molecular weight excluding hydrogens is 304 g/mol. The van der Waals surface area contributed by atoms with Crippen LogP contribution in [0.5, 0.6) is 5.75 Å². The van der Waals surface area contributed by atoms with Gasteiger partial charge >= 0.3 is 0 Å². The topological polar surface area (TPSA) is 53.0 Å². The number of hydrogen-bond donors (Lipinski definition) is 1. The van der Waals surface area contributed by atoms with Crippen LogP contribution in [-0.2, 0) is 4.79 Å². The van der Waals surface area contributed by atoms with Crippen LogP contribution in [0.25, 0.3) is 0 Å². The van der Waals surface area contributed by atoms with Gasteiger partial charge in [0.05, 0.1) is 6.10 Å². The van der Waals surface area contributed by atoms with Gasteiger partial charge in [0.25, 0.3) is 5.91 Å². The first kappa shape index (κ1) is 17.2. The molecule has 24 heavy (non-hydrogen) atoms. The first-order valence-corrected chi connectivity index (χ1v) is 8.94. The summed E-state index contributed by atoms with van der Waals surface area (Å²) in [4.78, 5) is 16.6. The highest BCUT2D eigenvalue weighted by molar-refractivity contribution is 5.77. The number of piperazine rings is 1. The molecule has 1 aliphatic heterocycles. The van der Waals surface area contributed by atoms with Crippen molar-refractivity contribution in [1.82, 2.24) is 9.80 Å². The summed E-state index contributed by atoms with van der Waals surface area (Å²) >= 11 is 0. The maximum Gasteiger partial charge on any atom is 0.260 e. The molecule has 2 fully saturated rings. The number of benzene rings is 1. The van der Waals surface area contributed by atoms with Gasteiger partial charge in [0.1, 0.15) is 5.75 Å². The lowest BCUT2D eigenvalue weighted by atomic mass is 10.1. The molecule has 5 heteroatoms. The summed E-state index contributed by atoms with van der Waals surface area (Å²) < 4.78 is 5.66. The maximum absolute atomic E-state index is 12.3. The Morgan fingerprint density at radius 3 is 2.54 bits per heavy atom. The average molecular weight is 332 g/mol. The van der Waals surface area contributed by atoms with Gasteiger partial charge in [-0.2, -0.15) is 0 Å². The maximum atomic E-state index is 12.3. The van der Waals surface area contributed by atoms with Crippen molar-refractivity contribution >= 4 is 5.91 Å². The monoisotopic (exact) mass is 332 g/mol. The Kier molecular flexibility index (Phi) is 5.41. The summed E-state index contributed by atoms with van der Waals surface area (Å²) in [6, 6.07) is 6.19. The zero-order chi connectivity index (χ0) is 17.1. The fourth-order valence-corrected chi connectivity index (χ4v) is 3.69. The summed E-state index contributed by atoms with van der Waals surface area (Å²) in [6.45, 7) is 7.32. The summed E-state index contributed by atoms with van der Waals surface area (Å²) in [5.74, 6) is 0.791. The zero-order valence-corrected chi connectivity index (χ0v) is 14.7. The van der Waals surface area contributed by atoms with Crippen LogP contribution in [0.2, 0.25) is 0 Å². The van der Waals surface area contributed by atoms with Gasteiger partial charge in [-0.3, -0.25) is 9.69 Å². The lowest BCUT2D eigenvalue weighted by Crippen LogP contribution is -2.54. The summed E-state index contributed by atoms with van der Waals surface area (Å²) in [5.41, 5.74) is 2.39. The van der Waals surface area contributed by atoms with Gasteiger partial charge in [-0.25, -0.2) is 0 Å². The van der Waals surface area contributed by atoms with Gasteiger partial charge in [0.15, 0.2) is 6.61 Å². The minimum absolute atomic E-state index is 0.0415. The Bertz CT molecular complexity index is 582. The highest BCUT2D eigenvalue weighted by Crippen LogP contribution is 2.25. The molecule has 0 bridgehead atoms. The van der Waals surface area contributed by atoms with Gasteiger partial charge < -0.3 is 14.7 Å². The van der Waals surface area contributed by atoms with Gasteiger partial charge in [-0.05, 0) is 56.4 Å². The van der Waals surface area contributed by atoms with E-state index in [2.05, 4.69) is 11.8 Å². The van der Waals surface area contributed by atoms with Crippen LogP contribution in [0, 0.1) is 13.8 Å². The van der Waals surface area contributed by atoms with Crippen LogP contribution < -0.4 is 4.74 Å². The Labute approximate surface area is 144 Å². The molecule has 1 saturated carbocycles. The van der Waals surface area contributed by atoms with Gasteiger partial charge in [0.2, 0.25) is 0 Å². The van der Waals surface area contributed by atoms with Crippen molar-refractivity contribution in [2.75, 3.05) is 32.8 Å². The molecule has 1 aromatic rings. The number of rotatable bonds is 4. The van der Waals surface area contributed by atoms with Gasteiger partial charge in [-0.15, -0.1) is 0 Å². The van der Waals surface area contributed by atoms with Crippen LogP contribution in [0.3, 0.4) is 0 Å². The van der Waals surface area contributed by atoms with E-state index in [0.29, 0.717) is 0 Å². The van der Waals surface area contributed by atoms with E-state index in [4.69, 9.17) is 4.74 Å². The third kappa shape index (κ3) is 3.90. The fraction of sp³-hybridized carbons (Fsp3) is 0.632. The molecule has 0 radical (unpaired) electrons. The molecule has 1 heterocycles. The molecule has 1 saturated heterocycles. The van der Waals surface area contributed by atoms with Crippen molar-refractivity contribution in [3.63, 3.8) is 0 Å². The van der Waals surface area contributed by atoms with E-state index in [9.17, 15) is 9.90 Å². The molecule has 1 N–H and O–H groups in total. The van der Waals surface area contributed by atoms with E-state index in [1.54, 1.807) is 0 Å². The second-order valence-corrected chi connectivity index (χ2v) is 7.02. The molecule has 132 valence electrons. The number of carbonyl (C=O) groups excluding carboxylic acids is 1. The molecule has 1 aliphatic carbocycles. The Balaban J connectivity index is 1.45. The molecule has 0 aromatic heterocycles. The largest absolute Gasteiger partial charge is 0.484 e. The van der Waals surface area contributed by atoms with Crippen molar-refractivity contribution in [2.45, 2.75) is 45.3 Å². The minimum Gasteiger partial charge on any atom is -0.484 e. The predicted molar refractivity (Wildman–Crippen MR) is 93.2 cm³/mol. The van der Waals surface area contributed by atoms with E-state index in [1.807, 2.05) is 30.0 Å². The molecule has 1 aromatic carbocycles. The van der Waals surface area contributed by atoms with Crippen LogP contribution in [0.1, 0.15) is 30.4 Å². The number of aryl methyl sites for hydroxylation is 2. The number of ether oxygens (including phenoxy) is 1. The smallest absolute Gasteiger partial charge is 0.260 e. The molecule has 0 unspecified atom stereocenters. The molecule has 0 spiro atoms. The third-order valence-electron chi connectivity index (χ3n) is 5.42. The number of aliphatic hydroxyl groups excluding tert-OH is 1. The molecule has 2 aliphatic rings. The second-order valence-electron chi connectivity index (χ2n) is 7.02. The number of nitrogens with zero attached hydrogens (tertiary/aromatic N) is 2. The lowest BCUT2D eigenvalue weighted by Gasteiger charge is -2.39. The van der Waals surface area contributed by atoms with E-state index in [-0.39, 0.29) is 24.7 Å². The van der Waals surface area contributed by atoms with E-state index < -0.39 is 0 Å². The molecule has 5 nitrogen and oxygen atoms in total. The third-order valence-corrected chi connectivity index (χ3v) is 5.42. The SMILES string of the molecule is Cc1ccc(OCC(=O)N2CCN([C@H]3CCC[C@@H]3O)CC2)cc1C. The highest BCUT2D eigenvalue weighted by atomic mass is 16.5. The van der Waals surface area contributed by atoms with E-state index in [0.717, 1.165) is 51.2 Å². The van der Waals surface area contributed by atoms with Crippen molar-refractivity contribution in [3.8, 4) is 5.75 Å². The molecule has 1 amide bonds. The Morgan fingerprint density at radius 2 is 1.92 bits per heavy atom. The summed E-state index contributed by atoms with van der Waals surface area (Å²) in [6.07, 6.45) is 2.90. The lowest BCUT2D eigenvalue weighted by molar-refractivity contribution is -0.135. The number of hydrogen-bond acceptors (Lipinski definition) is 4. The Hall–Kier alpha value is -1.59. The van der Waals surface area contributed by atoms with Crippen LogP contribution in [0.4, 0.5) is 0 Å². The quantitative estimate of drug-likeness (QED) is 0.912.